The molecule has 0 saturated carbocycles. The summed E-state index contributed by atoms with van der Waals surface area (Å²) < 4.78 is 2.19. The fourth-order valence-electron chi connectivity index (χ4n) is 3.68. The minimum absolute atomic E-state index is 0.0438. The number of nitrogens with zero attached hydrogens (tertiary/aromatic N) is 4. The Hall–Kier alpha value is -3.21. The summed E-state index contributed by atoms with van der Waals surface area (Å²) in [7, 11) is 0. The molecule has 0 unspecified atom stereocenters. The summed E-state index contributed by atoms with van der Waals surface area (Å²) in [5.41, 5.74) is 7.28. The molecule has 0 aliphatic rings. The minimum atomic E-state index is 0.0438. The third-order valence-electron chi connectivity index (χ3n) is 5.20. The number of aryl methyl sites for hydroxylation is 3. The maximum absolute atomic E-state index is 4.88. The Morgan fingerprint density at radius 1 is 1.00 bits per heavy atom. The van der Waals surface area contributed by atoms with E-state index in [0.29, 0.717) is 0 Å². The molecule has 28 heavy (non-hydrogen) atoms. The molecule has 142 valence electrons. The zero-order valence-electron chi connectivity index (χ0n) is 16.8. The normalized spacial score (nSPS) is 12.3. The molecule has 0 radical (unpaired) electrons. The van der Waals surface area contributed by atoms with Crippen molar-refractivity contribution in [2.75, 3.05) is 0 Å². The molecule has 3 heterocycles. The first-order chi connectivity index (χ1) is 13.6. The predicted molar refractivity (Wildman–Crippen MR) is 112 cm³/mol. The Morgan fingerprint density at radius 3 is 2.46 bits per heavy atom. The molecule has 1 aromatic carbocycles. The van der Waals surface area contributed by atoms with Crippen LogP contribution in [0.2, 0.25) is 0 Å². The molecule has 0 spiro atoms. The number of rotatable bonds is 5. The predicted octanol–water partition coefficient (Wildman–Crippen LogP) is 5.12. The number of aromatic amines is 1. The zero-order chi connectivity index (χ0) is 19.7. The van der Waals surface area contributed by atoms with Crippen LogP contribution in [0, 0.1) is 13.8 Å². The molecule has 4 aromatic rings. The van der Waals surface area contributed by atoms with Crippen molar-refractivity contribution < 1.29 is 0 Å². The van der Waals surface area contributed by atoms with Crippen molar-refractivity contribution in [1.29, 1.82) is 0 Å². The third kappa shape index (κ3) is 3.13. The molecule has 4 rings (SSSR count). The highest BCUT2D eigenvalue weighted by atomic mass is 15.1. The molecule has 5 heteroatoms. The molecule has 0 saturated heterocycles. The van der Waals surface area contributed by atoms with Crippen molar-refractivity contribution in [3.05, 3.63) is 77.8 Å². The second kappa shape index (κ2) is 7.43. The molecule has 5 nitrogen and oxygen atoms in total. The Labute approximate surface area is 165 Å². The smallest absolute Gasteiger partial charge is 0.110 e. The van der Waals surface area contributed by atoms with Crippen molar-refractivity contribution in [2.24, 2.45) is 0 Å². The summed E-state index contributed by atoms with van der Waals surface area (Å²) in [4.78, 5) is 17.7. The Morgan fingerprint density at radius 2 is 1.79 bits per heavy atom. The van der Waals surface area contributed by atoms with Gasteiger partial charge in [-0.05, 0) is 32.4 Å². The second-order valence-corrected chi connectivity index (χ2v) is 7.11. The number of H-pyrrole nitrogens is 1. The van der Waals surface area contributed by atoms with Gasteiger partial charge in [0.05, 0.1) is 29.5 Å². The Kier molecular flexibility index (Phi) is 4.82. The fraction of sp³-hybridized carbons (Fsp3) is 0.261. The topological polar surface area (TPSA) is 59.4 Å². The molecule has 0 aliphatic carbocycles. The van der Waals surface area contributed by atoms with Gasteiger partial charge in [-0.2, -0.15) is 0 Å². The van der Waals surface area contributed by atoms with Gasteiger partial charge in [-0.3, -0.25) is 4.98 Å². The molecule has 0 aliphatic heterocycles. The first-order valence-corrected chi connectivity index (χ1v) is 9.69. The standard InChI is InChI=1S/C23H25N5/c1-5-19-26-16(3)21(27-19)23-22(18-11-7-6-8-12-18)25-14-28(23)17(4)20-15(2)10-9-13-24-20/h6-14,17H,5H2,1-4H3,(H,26,27)/t17-/m0/s1. The van der Waals surface area contributed by atoms with Crippen LogP contribution in [0.25, 0.3) is 22.6 Å². The first kappa shape index (κ1) is 18.2. The quantitative estimate of drug-likeness (QED) is 0.529. The zero-order valence-corrected chi connectivity index (χ0v) is 16.8. The minimum Gasteiger partial charge on any atom is -0.346 e. The number of aromatic nitrogens is 5. The van der Waals surface area contributed by atoms with Gasteiger partial charge in [-0.25, -0.2) is 9.97 Å². The van der Waals surface area contributed by atoms with Crippen LogP contribution in [0.5, 0.6) is 0 Å². The van der Waals surface area contributed by atoms with E-state index >= 15 is 0 Å². The van der Waals surface area contributed by atoms with Crippen LogP contribution in [0.4, 0.5) is 0 Å². The van der Waals surface area contributed by atoms with Crippen molar-refractivity contribution in [3.63, 3.8) is 0 Å². The van der Waals surface area contributed by atoms with E-state index in [0.717, 1.165) is 46.3 Å². The fourth-order valence-corrected chi connectivity index (χ4v) is 3.68. The van der Waals surface area contributed by atoms with Gasteiger partial charge in [-0.1, -0.05) is 43.3 Å². The van der Waals surface area contributed by atoms with E-state index < -0.39 is 0 Å². The van der Waals surface area contributed by atoms with Crippen LogP contribution in [0.1, 0.15) is 42.7 Å². The van der Waals surface area contributed by atoms with Crippen LogP contribution in [0.15, 0.2) is 55.0 Å². The van der Waals surface area contributed by atoms with E-state index in [1.165, 1.54) is 5.56 Å². The monoisotopic (exact) mass is 371 g/mol. The summed E-state index contributed by atoms with van der Waals surface area (Å²) in [6.45, 7) is 8.45. The molecule has 3 aromatic heterocycles. The number of hydrogen-bond acceptors (Lipinski definition) is 3. The maximum atomic E-state index is 4.88. The van der Waals surface area contributed by atoms with E-state index in [4.69, 9.17) is 9.97 Å². The lowest BCUT2D eigenvalue weighted by molar-refractivity contribution is 0.620. The highest BCUT2D eigenvalue weighted by molar-refractivity contribution is 5.78. The molecule has 0 fully saturated rings. The molecule has 0 amide bonds. The van der Waals surface area contributed by atoms with Gasteiger partial charge < -0.3 is 9.55 Å². The van der Waals surface area contributed by atoms with Crippen molar-refractivity contribution >= 4 is 0 Å². The molecular formula is C23H25N5. The lowest BCUT2D eigenvalue weighted by Gasteiger charge is -2.18. The van der Waals surface area contributed by atoms with E-state index in [1.54, 1.807) is 0 Å². The second-order valence-electron chi connectivity index (χ2n) is 7.11. The highest BCUT2D eigenvalue weighted by Gasteiger charge is 2.24. The average molecular weight is 371 g/mol. The van der Waals surface area contributed by atoms with Crippen molar-refractivity contribution in [2.45, 2.75) is 40.2 Å². The van der Waals surface area contributed by atoms with Gasteiger partial charge in [0, 0.05) is 23.9 Å². The average Bonchev–Trinajstić information content (AvgIpc) is 3.31. The number of benzene rings is 1. The molecular weight excluding hydrogens is 346 g/mol. The van der Waals surface area contributed by atoms with Gasteiger partial charge >= 0.3 is 0 Å². The van der Waals surface area contributed by atoms with Gasteiger partial charge in [0.25, 0.3) is 0 Å². The van der Waals surface area contributed by atoms with E-state index in [2.05, 4.69) is 60.4 Å². The van der Waals surface area contributed by atoms with E-state index in [-0.39, 0.29) is 6.04 Å². The van der Waals surface area contributed by atoms with Crippen molar-refractivity contribution in [1.82, 2.24) is 24.5 Å². The number of nitrogens with one attached hydrogen (secondary N) is 1. The number of imidazole rings is 2. The largest absolute Gasteiger partial charge is 0.346 e. The summed E-state index contributed by atoms with van der Waals surface area (Å²) in [6.07, 6.45) is 4.63. The van der Waals surface area contributed by atoms with Gasteiger partial charge in [0.1, 0.15) is 11.5 Å². The van der Waals surface area contributed by atoms with Gasteiger partial charge in [-0.15, -0.1) is 0 Å². The van der Waals surface area contributed by atoms with E-state index in [9.17, 15) is 0 Å². The van der Waals surface area contributed by atoms with Crippen molar-refractivity contribution in [3.8, 4) is 22.6 Å². The lowest BCUT2D eigenvalue weighted by Crippen LogP contribution is -2.11. The Balaban J connectivity index is 1.94. The van der Waals surface area contributed by atoms with Crippen LogP contribution in [0.3, 0.4) is 0 Å². The summed E-state index contributed by atoms with van der Waals surface area (Å²) in [6, 6.07) is 14.4. The highest BCUT2D eigenvalue weighted by Crippen LogP contribution is 2.35. The maximum Gasteiger partial charge on any atom is 0.110 e. The van der Waals surface area contributed by atoms with Crippen LogP contribution < -0.4 is 0 Å². The number of hydrogen-bond donors (Lipinski definition) is 1. The van der Waals surface area contributed by atoms with Crippen LogP contribution >= 0.6 is 0 Å². The molecule has 1 atom stereocenters. The van der Waals surface area contributed by atoms with Crippen LogP contribution in [-0.4, -0.2) is 24.5 Å². The third-order valence-corrected chi connectivity index (χ3v) is 5.20. The number of pyridine rings is 1. The lowest BCUT2D eigenvalue weighted by atomic mass is 10.1. The van der Waals surface area contributed by atoms with Gasteiger partial charge in [0.2, 0.25) is 0 Å². The summed E-state index contributed by atoms with van der Waals surface area (Å²) >= 11 is 0. The molecule has 0 bridgehead atoms. The molecule has 1 N–H and O–H groups in total. The summed E-state index contributed by atoms with van der Waals surface area (Å²) in [5, 5.41) is 0. The van der Waals surface area contributed by atoms with Gasteiger partial charge in [0.15, 0.2) is 0 Å². The SMILES string of the molecule is CCc1nc(-c2c(-c3ccccc3)ncn2[C@@H](C)c2ncccc2C)c(C)[nH]1. The van der Waals surface area contributed by atoms with E-state index in [1.807, 2.05) is 36.8 Å². The Bertz CT molecular complexity index is 1090. The van der Waals surface area contributed by atoms with Crippen LogP contribution in [-0.2, 0) is 6.42 Å². The first-order valence-electron chi connectivity index (χ1n) is 9.69. The summed E-state index contributed by atoms with van der Waals surface area (Å²) in [5.74, 6) is 0.987.